The van der Waals surface area contributed by atoms with E-state index in [1.165, 1.54) is 0 Å². The second-order valence-corrected chi connectivity index (χ2v) is 7.50. The highest BCUT2D eigenvalue weighted by Gasteiger charge is 2.23. The average Bonchev–Trinajstić information content (AvgIpc) is 3.28. The van der Waals surface area contributed by atoms with Crippen molar-refractivity contribution < 1.29 is 14.3 Å². The van der Waals surface area contributed by atoms with E-state index >= 15 is 0 Å². The normalized spacial score (nSPS) is 11.0. The van der Waals surface area contributed by atoms with Crippen LogP contribution in [0.4, 0.5) is 0 Å². The first-order chi connectivity index (χ1) is 14.4. The smallest absolute Gasteiger partial charge is 0.343 e. The zero-order chi connectivity index (χ0) is 21.3. The lowest BCUT2D eigenvalue weighted by Crippen LogP contribution is -2.15. The number of hydrogen-bond acceptors (Lipinski definition) is 4. The van der Waals surface area contributed by atoms with Crippen LogP contribution in [0.5, 0.6) is 0 Å². The maximum atomic E-state index is 12.6. The van der Waals surface area contributed by atoms with Crippen LogP contribution >= 0.6 is 11.6 Å². The molecule has 0 aliphatic heterocycles. The third kappa shape index (κ3) is 3.86. The van der Waals surface area contributed by atoms with Gasteiger partial charge >= 0.3 is 5.97 Å². The SMILES string of the molecule is Cc1ccc(Cn2nc(C)c(C(=O)OCC(=O)c3c[nH]c4ccccc34)c2Cl)cc1. The summed E-state index contributed by atoms with van der Waals surface area (Å²) in [6.45, 7) is 3.76. The van der Waals surface area contributed by atoms with E-state index in [1.54, 1.807) is 17.8 Å². The van der Waals surface area contributed by atoms with Crippen LogP contribution < -0.4 is 0 Å². The lowest BCUT2D eigenvalue weighted by Gasteiger charge is -2.05. The second kappa shape index (κ2) is 8.16. The van der Waals surface area contributed by atoms with E-state index in [0.29, 0.717) is 17.8 Å². The van der Waals surface area contributed by atoms with Crippen molar-refractivity contribution in [1.82, 2.24) is 14.8 Å². The van der Waals surface area contributed by atoms with Crippen molar-refractivity contribution in [1.29, 1.82) is 0 Å². The van der Waals surface area contributed by atoms with Crippen LogP contribution in [0.3, 0.4) is 0 Å². The molecule has 2 aromatic carbocycles. The van der Waals surface area contributed by atoms with Crippen LogP contribution in [0, 0.1) is 13.8 Å². The highest BCUT2D eigenvalue weighted by atomic mass is 35.5. The fraction of sp³-hybridized carbons (Fsp3) is 0.174. The number of H-pyrrole nitrogens is 1. The van der Waals surface area contributed by atoms with Gasteiger partial charge in [-0.1, -0.05) is 59.6 Å². The Morgan fingerprint density at radius 1 is 1.10 bits per heavy atom. The fourth-order valence-corrected chi connectivity index (χ4v) is 3.65. The number of aromatic amines is 1. The number of esters is 1. The predicted molar refractivity (Wildman–Crippen MR) is 115 cm³/mol. The third-order valence-electron chi connectivity index (χ3n) is 4.95. The van der Waals surface area contributed by atoms with Gasteiger partial charge in [0.05, 0.1) is 12.2 Å². The van der Waals surface area contributed by atoms with Crippen molar-refractivity contribution in [3.05, 3.63) is 87.8 Å². The van der Waals surface area contributed by atoms with E-state index in [4.69, 9.17) is 16.3 Å². The van der Waals surface area contributed by atoms with Crippen molar-refractivity contribution in [2.75, 3.05) is 6.61 Å². The van der Waals surface area contributed by atoms with Gasteiger partial charge in [0.25, 0.3) is 0 Å². The van der Waals surface area contributed by atoms with Crippen molar-refractivity contribution in [2.45, 2.75) is 20.4 Å². The summed E-state index contributed by atoms with van der Waals surface area (Å²) in [5.41, 5.74) is 4.14. The number of para-hydroxylation sites is 1. The molecule has 0 bridgehead atoms. The highest BCUT2D eigenvalue weighted by Crippen LogP contribution is 2.23. The number of Topliss-reactive ketones (excluding diaryl/α,β-unsaturated/α-hetero) is 1. The number of carbonyl (C=O) groups excluding carboxylic acids is 2. The Balaban J connectivity index is 1.47. The van der Waals surface area contributed by atoms with E-state index in [0.717, 1.165) is 22.0 Å². The zero-order valence-electron chi connectivity index (χ0n) is 16.6. The molecule has 0 amide bonds. The Bertz CT molecular complexity index is 1240. The summed E-state index contributed by atoms with van der Waals surface area (Å²) in [5.74, 6) is -0.956. The molecule has 6 nitrogen and oxygen atoms in total. The van der Waals surface area contributed by atoms with Gasteiger partial charge < -0.3 is 9.72 Å². The molecule has 0 atom stereocenters. The van der Waals surface area contributed by atoms with E-state index in [2.05, 4.69) is 10.1 Å². The number of nitrogens with one attached hydrogen (secondary N) is 1. The molecule has 30 heavy (non-hydrogen) atoms. The van der Waals surface area contributed by atoms with Gasteiger partial charge in [-0.25, -0.2) is 9.48 Å². The van der Waals surface area contributed by atoms with Gasteiger partial charge in [0.1, 0.15) is 10.7 Å². The number of carbonyl (C=O) groups is 2. The Hall–Kier alpha value is -3.38. The molecule has 0 spiro atoms. The van der Waals surface area contributed by atoms with E-state index < -0.39 is 5.97 Å². The Kier molecular flexibility index (Phi) is 5.42. The number of rotatable bonds is 6. The lowest BCUT2D eigenvalue weighted by molar-refractivity contribution is 0.0474. The summed E-state index contributed by atoms with van der Waals surface area (Å²) >= 11 is 6.41. The summed E-state index contributed by atoms with van der Waals surface area (Å²) in [5, 5.41) is 5.34. The minimum atomic E-state index is -0.666. The van der Waals surface area contributed by atoms with E-state index in [1.807, 2.05) is 55.5 Å². The lowest BCUT2D eigenvalue weighted by atomic mass is 10.1. The maximum Gasteiger partial charge on any atom is 0.343 e. The summed E-state index contributed by atoms with van der Waals surface area (Å²) in [4.78, 5) is 28.2. The quantitative estimate of drug-likeness (QED) is 0.361. The highest BCUT2D eigenvalue weighted by molar-refractivity contribution is 6.32. The molecule has 0 aliphatic carbocycles. The topological polar surface area (TPSA) is 77.0 Å². The van der Waals surface area contributed by atoms with Crippen LogP contribution in [-0.4, -0.2) is 33.1 Å². The van der Waals surface area contributed by atoms with Crippen molar-refractivity contribution in [2.24, 2.45) is 0 Å². The Labute approximate surface area is 178 Å². The molecule has 7 heteroatoms. The fourth-order valence-electron chi connectivity index (χ4n) is 3.34. The van der Waals surface area contributed by atoms with Gasteiger partial charge in [-0.3, -0.25) is 4.79 Å². The van der Waals surface area contributed by atoms with Gasteiger partial charge in [-0.2, -0.15) is 5.10 Å². The summed E-state index contributed by atoms with van der Waals surface area (Å²) in [6.07, 6.45) is 1.62. The molecule has 0 fully saturated rings. The maximum absolute atomic E-state index is 12.6. The van der Waals surface area contributed by atoms with Crippen LogP contribution in [0.1, 0.15) is 37.5 Å². The van der Waals surface area contributed by atoms with Crippen molar-refractivity contribution in [3.8, 4) is 0 Å². The molecule has 1 N–H and O–H groups in total. The summed E-state index contributed by atoms with van der Waals surface area (Å²) in [7, 11) is 0. The number of aryl methyl sites for hydroxylation is 2. The molecular formula is C23H20ClN3O3. The predicted octanol–water partition coefficient (Wildman–Crippen LogP) is 4.72. The molecule has 4 rings (SSSR count). The largest absolute Gasteiger partial charge is 0.454 e. The van der Waals surface area contributed by atoms with Gasteiger partial charge in [0.15, 0.2) is 6.61 Å². The molecule has 2 heterocycles. The standard InChI is InChI=1S/C23H20ClN3O3/c1-14-7-9-16(10-8-14)12-27-22(24)21(15(2)26-27)23(29)30-13-20(28)18-11-25-19-6-4-3-5-17(18)19/h3-11,25H,12-13H2,1-2H3. The molecule has 0 aliphatic rings. The first-order valence-corrected chi connectivity index (χ1v) is 9.86. The van der Waals surface area contributed by atoms with Gasteiger partial charge in [0, 0.05) is 22.7 Å². The van der Waals surface area contributed by atoms with Gasteiger partial charge in [-0.05, 0) is 25.5 Å². The average molecular weight is 422 g/mol. The number of nitrogens with zero attached hydrogens (tertiary/aromatic N) is 2. The molecule has 0 unspecified atom stereocenters. The molecule has 0 saturated carbocycles. The third-order valence-corrected chi connectivity index (χ3v) is 5.33. The zero-order valence-corrected chi connectivity index (χ0v) is 17.4. The van der Waals surface area contributed by atoms with E-state index in [9.17, 15) is 9.59 Å². The van der Waals surface area contributed by atoms with Gasteiger partial charge in [0.2, 0.25) is 5.78 Å². The molecule has 0 saturated heterocycles. The minimum Gasteiger partial charge on any atom is -0.454 e. The van der Waals surface area contributed by atoms with Crippen LogP contribution in [0.2, 0.25) is 5.15 Å². The second-order valence-electron chi connectivity index (χ2n) is 7.14. The Morgan fingerprint density at radius 3 is 2.60 bits per heavy atom. The Morgan fingerprint density at radius 2 is 1.83 bits per heavy atom. The monoisotopic (exact) mass is 421 g/mol. The minimum absolute atomic E-state index is 0.176. The molecule has 152 valence electrons. The number of aromatic nitrogens is 3. The number of halogens is 1. The van der Waals surface area contributed by atoms with Crippen LogP contribution in [0.15, 0.2) is 54.7 Å². The number of ketones is 1. The summed E-state index contributed by atoms with van der Waals surface area (Å²) in [6, 6.07) is 15.4. The van der Waals surface area contributed by atoms with Crippen molar-refractivity contribution >= 4 is 34.3 Å². The molecule has 4 aromatic rings. The van der Waals surface area contributed by atoms with Crippen LogP contribution in [0.25, 0.3) is 10.9 Å². The summed E-state index contributed by atoms with van der Waals surface area (Å²) < 4.78 is 6.82. The number of benzene rings is 2. The first-order valence-electron chi connectivity index (χ1n) is 9.49. The number of ether oxygens (including phenoxy) is 1. The van der Waals surface area contributed by atoms with Gasteiger partial charge in [-0.15, -0.1) is 0 Å². The first kappa shape index (κ1) is 19.9. The number of hydrogen-bond donors (Lipinski definition) is 1. The molecular weight excluding hydrogens is 402 g/mol. The van der Waals surface area contributed by atoms with Crippen LogP contribution in [-0.2, 0) is 11.3 Å². The van der Waals surface area contributed by atoms with E-state index in [-0.39, 0.29) is 23.1 Å². The number of fused-ring (bicyclic) bond motifs is 1. The molecule has 2 aromatic heterocycles. The molecule has 0 radical (unpaired) electrons. The van der Waals surface area contributed by atoms with Crippen molar-refractivity contribution in [3.63, 3.8) is 0 Å².